The molecule has 1 aliphatic rings. The summed E-state index contributed by atoms with van der Waals surface area (Å²) in [6.07, 6.45) is 2.43. The van der Waals surface area contributed by atoms with Crippen molar-refractivity contribution in [2.75, 3.05) is 10.2 Å². The number of hydrogen-bond donors (Lipinski definition) is 1. The van der Waals surface area contributed by atoms with E-state index in [0.717, 1.165) is 17.7 Å². The van der Waals surface area contributed by atoms with Crippen LogP contribution in [0.1, 0.15) is 11.1 Å². The molecule has 2 aromatic rings. The Hall–Kier alpha value is -3.02. The predicted octanol–water partition coefficient (Wildman–Crippen LogP) is 5.28. The SMILES string of the molecule is O=C(Nc1cccc(C(F)(F)F)c1)N1C=CC=Cc2ccccc21. The summed E-state index contributed by atoms with van der Waals surface area (Å²) in [5, 5.41) is 2.50. The Morgan fingerprint density at radius 1 is 1.00 bits per heavy atom. The molecule has 0 aliphatic carbocycles. The number of benzene rings is 2. The Morgan fingerprint density at radius 2 is 1.79 bits per heavy atom. The van der Waals surface area contributed by atoms with Crippen molar-refractivity contribution in [3.63, 3.8) is 0 Å². The largest absolute Gasteiger partial charge is 0.416 e. The summed E-state index contributed by atoms with van der Waals surface area (Å²) in [7, 11) is 0. The Balaban J connectivity index is 1.86. The lowest BCUT2D eigenvalue weighted by Crippen LogP contribution is -2.30. The van der Waals surface area contributed by atoms with Crippen molar-refractivity contribution in [3.05, 3.63) is 78.0 Å². The molecule has 0 aromatic heterocycles. The highest BCUT2D eigenvalue weighted by Gasteiger charge is 2.30. The van der Waals surface area contributed by atoms with E-state index in [1.54, 1.807) is 30.5 Å². The van der Waals surface area contributed by atoms with Gasteiger partial charge in [0.25, 0.3) is 0 Å². The van der Waals surface area contributed by atoms with Crippen LogP contribution in [0.15, 0.2) is 66.9 Å². The van der Waals surface area contributed by atoms with Gasteiger partial charge in [0.15, 0.2) is 0 Å². The minimum absolute atomic E-state index is 0.0814. The maximum atomic E-state index is 12.8. The zero-order chi connectivity index (χ0) is 17.2. The van der Waals surface area contributed by atoms with Gasteiger partial charge < -0.3 is 5.32 Å². The van der Waals surface area contributed by atoms with Crippen LogP contribution in [0.5, 0.6) is 0 Å². The van der Waals surface area contributed by atoms with Crippen molar-refractivity contribution >= 4 is 23.5 Å². The number of alkyl halides is 3. The van der Waals surface area contributed by atoms with Crippen LogP contribution < -0.4 is 10.2 Å². The molecule has 6 heteroatoms. The highest BCUT2D eigenvalue weighted by Crippen LogP contribution is 2.31. The minimum atomic E-state index is -4.46. The van der Waals surface area contributed by atoms with Crippen LogP contribution in [0, 0.1) is 0 Å². The van der Waals surface area contributed by atoms with Crippen molar-refractivity contribution in [1.82, 2.24) is 0 Å². The second-order valence-electron chi connectivity index (χ2n) is 5.14. The summed E-state index contributed by atoms with van der Waals surface area (Å²) in [6, 6.07) is 11.2. The van der Waals surface area contributed by atoms with Crippen molar-refractivity contribution in [3.8, 4) is 0 Å². The summed E-state index contributed by atoms with van der Waals surface area (Å²) in [5.41, 5.74) is 0.750. The number of halogens is 3. The van der Waals surface area contributed by atoms with Crippen molar-refractivity contribution in [2.45, 2.75) is 6.18 Å². The van der Waals surface area contributed by atoms with Gasteiger partial charge in [0.2, 0.25) is 0 Å². The van der Waals surface area contributed by atoms with E-state index in [1.165, 1.54) is 17.0 Å². The lowest BCUT2D eigenvalue weighted by atomic mass is 10.1. The van der Waals surface area contributed by atoms with E-state index in [0.29, 0.717) is 5.69 Å². The minimum Gasteiger partial charge on any atom is -0.307 e. The van der Waals surface area contributed by atoms with Crippen LogP contribution in [-0.4, -0.2) is 6.03 Å². The van der Waals surface area contributed by atoms with Crippen LogP contribution >= 0.6 is 0 Å². The molecular formula is C18H13F3N2O. The Bertz CT molecular complexity index is 825. The van der Waals surface area contributed by atoms with E-state index in [-0.39, 0.29) is 5.69 Å². The van der Waals surface area contributed by atoms with Crippen LogP contribution in [0.4, 0.5) is 29.3 Å². The van der Waals surface area contributed by atoms with Crippen LogP contribution in [0.3, 0.4) is 0 Å². The highest BCUT2D eigenvalue weighted by atomic mass is 19.4. The Morgan fingerprint density at radius 3 is 2.58 bits per heavy atom. The van der Waals surface area contributed by atoms with Gasteiger partial charge in [-0.05, 0) is 35.9 Å². The molecule has 1 aliphatic heterocycles. The lowest BCUT2D eigenvalue weighted by Gasteiger charge is -2.20. The summed E-state index contributed by atoms with van der Waals surface area (Å²) < 4.78 is 38.3. The Labute approximate surface area is 136 Å². The van der Waals surface area contributed by atoms with Gasteiger partial charge in [-0.1, -0.05) is 36.4 Å². The van der Waals surface area contributed by atoms with Crippen molar-refractivity contribution < 1.29 is 18.0 Å². The maximum absolute atomic E-state index is 12.8. The third-order valence-corrected chi connectivity index (χ3v) is 3.48. The average molecular weight is 330 g/mol. The number of carbonyl (C=O) groups excluding carboxylic acids is 1. The van der Waals surface area contributed by atoms with Gasteiger partial charge in [0.1, 0.15) is 0 Å². The zero-order valence-corrected chi connectivity index (χ0v) is 12.4. The smallest absolute Gasteiger partial charge is 0.307 e. The number of fused-ring (bicyclic) bond motifs is 1. The van der Waals surface area contributed by atoms with E-state index < -0.39 is 17.8 Å². The van der Waals surface area contributed by atoms with E-state index in [9.17, 15) is 18.0 Å². The van der Waals surface area contributed by atoms with Gasteiger partial charge in [0, 0.05) is 11.9 Å². The normalized spacial score (nSPS) is 13.4. The van der Waals surface area contributed by atoms with Crippen LogP contribution in [-0.2, 0) is 6.18 Å². The molecular weight excluding hydrogens is 317 g/mol. The van der Waals surface area contributed by atoms with Gasteiger partial charge in [0.05, 0.1) is 11.3 Å². The number of para-hydroxylation sites is 1. The molecule has 0 atom stereocenters. The molecule has 0 radical (unpaired) electrons. The quantitative estimate of drug-likeness (QED) is 0.757. The first kappa shape index (κ1) is 15.9. The van der Waals surface area contributed by atoms with E-state index in [2.05, 4.69) is 5.32 Å². The fraction of sp³-hybridized carbons (Fsp3) is 0.0556. The third kappa shape index (κ3) is 3.32. The zero-order valence-electron chi connectivity index (χ0n) is 12.4. The number of nitrogens with zero attached hydrogens (tertiary/aromatic N) is 1. The summed E-state index contributed by atoms with van der Waals surface area (Å²) in [4.78, 5) is 13.9. The first-order chi connectivity index (χ1) is 11.4. The Kier molecular flexibility index (Phi) is 4.12. The van der Waals surface area contributed by atoms with Crippen LogP contribution in [0.2, 0.25) is 0 Å². The number of allylic oxidation sites excluding steroid dienone is 2. The maximum Gasteiger partial charge on any atom is 0.416 e. The van der Waals surface area contributed by atoms with E-state index in [1.807, 2.05) is 18.2 Å². The molecule has 3 nitrogen and oxygen atoms in total. The van der Waals surface area contributed by atoms with Crippen molar-refractivity contribution in [1.29, 1.82) is 0 Å². The molecule has 122 valence electrons. The monoisotopic (exact) mass is 330 g/mol. The van der Waals surface area contributed by atoms with Crippen LogP contribution in [0.25, 0.3) is 6.08 Å². The number of amides is 2. The highest BCUT2D eigenvalue weighted by molar-refractivity contribution is 6.04. The number of hydrogen-bond acceptors (Lipinski definition) is 1. The topological polar surface area (TPSA) is 32.3 Å². The molecule has 3 rings (SSSR count). The molecule has 0 unspecified atom stereocenters. The molecule has 2 aromatic carbocycles. The molecule has 1 heterocycles. The second-order valence-corrected chi connectivity index (χ2v) is 5.14. The molecule has 24 heavy (non-hydrogen) atoms. The summed E-state index contributed by atoms with van der Waals surface area (Å²) in [6.45, 7) is 0. The number of rotatable bonds is 1. The second kappa shape index (κ2) is 6.23. The first-order valence-corrected chi connectivity index (χ1v) is 7.16. The lowest BCUT2D eigenvalue weighted by molar-refractivity contribution is -0.137. The third-order valence-electron chi connectivity index (χ3n) is 3.48. The predicted molar refractivity (Wildman–Crippen MR) is 87.6 cm³/mol. The average Bonchev–Trinajstić information content (AvgIpc) is 2.77. The fourth-order valence-electron chi connectivity index (χ4n) is 2.36. The standard InChI is InChI=1S/C18H13F3N2O/c19-18(20,21)14-8-5-9-15(12-14)22-17(24)23-11-4-3-7-13-6-1-2-10-16(13)23/h1-12H,(H,22,24). The molecule has 0 fully saturated rings. The molecule has 0 saturated heterocycles. The van der Waals surface area contributed by atoms with Gasteiger partial charge in [-0.2, -0.15) is 13.2 Å². The molecule has 0 saturated carbocycles. The number of anilines is 2. The molecule has 0 spiro atoms. The summed E-state index contributed by atoms with van der Waals surface area (Å²) >= 11 is 0. The number of urea groups is 1. The van der Waals surface area contributed by atoms with E-state index in [4.69, 9.17) is 0 Å². The number of carbonyl (C=O) groups is 1. The molecule has 1 N–H and O–H groups in total. The van der Waals surface area contributed by atoms with Gasteiger partial charge in [-0.3, -0.25) is 4.90 Å². The van der Waals surface area contributed by atoms with Gasteiger partial charge in [-0.25, -0.2) is 4.79 Å². The van der Waals surface area contributed by atoms with Crippen molar-refractivity contribution in [2.24, 2.45) is 0 Å². The fourth-order valence-corrected chi connectivity index (χ4v) is 2.36. The summed E-state index contributed by atoms with van der Waals surface area (Å²) in [5.74, 6) is 0. The van der Waals surface area contributed by atoms with Gasteiger partial charge in [-0.15, -0.1) is 0 Å². The van der Waals surface area contributed by atoms with Gasteiger partial charge >= 0.3 is 12.2 Å². The number of nitrogens with one attached hydrogen (secondary N) is 1. The first-order valence-electron chi connectivity index (χ1n) is 7.16. The van der Waals surface area contributed by atoms with E-state index >= 15 is 0 Å². The molecule has 2 amide bonds. The molecule has 0 bridgehead atoms.